The summed E-state index contributed by atoms with van der Waals surface area (Å²) in [6, 6.07) is 5.85. The summed E-state index contributed by atoms with van der Waals surface area (Å²) < 4.78 is 0. The molecule has 21 heavy (non-hydrogen) atoms. The lowest BCUT2D eigenvalue weighted by Gasteiger charge is -2.29. The lowest BCUT2D eigenvalue weighted by molar-refractivity contribution is -0.143. The number of allylic oxidation sites excluding steroid dienone is 6. The SMILES string of the molecule is O=C(O)C12C=CC=CC1=CC=CC2.Oc1cccc(O)c1. The number of aliphatic carboxylic acids is 1. The van der Waals surface area contributed by atoms with E-state index in [0.717, 1.165) is 5.57 Å². The van der Waals surface area contributed by atoms with E-state index in [9.17, 15) is 4.79 Å². The summed E-state index contributed by atoms with van der Waals surface area (Å²) in [7, 11) is 0. The van der Waals surface area contributed by atoms with Gasteiger partial charge in [-0.25, -0.2) is 0 Å². The number of aromatic hydroxyl groups is 2. The highest BCUT2D eigenvalue weighted by molar-refractivity contribution is 5.84. The molecule has 0 aromatic heterocycles. The number of rotatable bonds is 1. The van der Waals surface area contributed by atoms with Crippen molar-refractivity contribution in [3.8, 4) is 11.5 Å². The molecule has 0 bridgehead atoms. The van der Waals surface area contributed by atoms with Crippen molar-refractivity contribution in [3.63, 3.8) is 0 Å². The molecule has 0 radical (unpaired) electrons. The number of fused-ring (bicyclic) bond motifs is 1. The van der Waals surface area contributed by atoms with Crippen molar-refractivity contribution in [2.75, 3.05) is 0 Å². The number of carboxylic acid groups (broad SMARTS) is 1. The lowest BCUT2D eigenvalue weighted by Crippen LogP contribution is -2.32. The topological polar surface area (TPSA) is 77.8 Å². The van der Waals surface area contributed by atoms with Crippen LogP contribution in [0.15, 0.2) is 72.4 Å². The summed E-state index contributed by atoms with van der Waals surface area (Å²) in [6.45, 7) is 0. The number of hydrogen-bond acceptors (Lipinski definition) is 3. The fourth-order valence-corrected chi connectivity index (χ4v) is 2.21. The number of phenols is 2. The maximum Gasteiger partial charge on any atom is 0.318 e. The van der Waals surface area contributed by atoms with Gasteiger partial charge in [-0.2, -0.15) is 0 Å². The molecule has 108 valence electrons. The highest BCUT2D eigenvalue weighted by Crippen LogP contribution is 2.39. The molecular formula is C17H16O4. The molecule has 4 nitrogen and oxygen atoms in total. The minimum absolute atomic E-state index is 0.0880. The van der Waals surface area contributed by atoms with Crippen molar-refractivity contribution in [2.24, 2.45) is 5.41 Å². The van der Waals surface area contributed by atoms with E-state index in [4.69, 9.17) is 15.3 Å². The lowest BCUT2D eigenvalue weighted by atomic mass is 9.72. The highest BCUT2D eigenvalue weighted by atomic mass is 16.4. The molecule has 0 heterocycles. The Morgan fingerprint density at radius 1 is 1.10 bits per heavy atom. The summed E-state index contributed by atoms with van der Waals surface area (Å²) in [6.07, 6.45) is 13.5. The van der Waals surface area contributed by atoms with Gasteiger partial charge in [0, 0.05) is 6.07 Å². The average Bonchev–Trinajstić information content (AvgIpc) is 2.47. The van der Waals surface area contributed by atoms with Gasteiger partial charge in [-0.3, -0.25) is 4.79 Å². The Labute approximate surface area is 122 Å². The largest absolute Gasteiger partial charge is 0.508 e. The second-order valence-corrected chi connectivity index (χ2v) is 4.77. The molecule has 4 heteroatoms. The Bertz CT molecular complexity index is 635. The number of phenolic OH excluding ortho intramolecular Hbond substituents is 2. The van der Waals surface area contributed by atoms with Crippen LogP contribution < -0.4 is 0 Å². The van der Waals surface area contributed by atoms with Gasteiger partial charge in [0.15, 0.2) is 0 Å². The first-order valence-corrected chi connectivity index (χ1v) is 6.49. The van der Waals surface area contributed by atoms with Crippen LogP contribution >= 0.6 is 0 Å². The van der Waals surface area contributed by atoms with Crippen LogP contribution in [0.1, 0.15) is 6.42 Å². The first kappa shape index (κ1) is 14.7. The highest BCUT2D eigenvalue weighted by Gasteiger charge is 2.39. The van der Waals surface area contributed by atoms with Crippen molar-refractivity contribution in [2.45, 2.75) is 6.42 Å². The van der Waals surface area contributed by atoms with Gasteiger partial charge >= 0.3 is 5.97 Å². The summed E-state index contributed by atoms with van der Waals surface area (Å²) in [5.74, 6) is -0.598. The maximum atomic E-state index is 11.2. The normalized spacial score (nSPS) is 21.8. The van der Waals surface area contributed by atoms with Gasteiger partial charge in [0.05, 0.1) is 0 Å². The van der Waals surface area contributed by atoms with E-state index in [1.807, 2.05) is 30.4 Å². The van der Waals surface area contributed by atoms with E-state index in [-0.39, 0.29) is 11.5 Å². The van der Waals surface area contributed by atoms with E-state index >= 15 is 0 Å². The monoisotopic (exact) mass is 284 g/mol. The Kier molecular flexibility index (Phi) is 4.28. The number of carboxylic acids is 1. The van der Waals surface area contributed by atoms with Gasteiger partial charge in [0.25, 0.3) is 0 Å². The molecule has 1 aromatic rings. The Morgan fingerprint density at radius 3 is 2.33 bits per heavy atom. The summed E-state index contributed by atoms with van der Waals surface area (Å²) in [5.41, 5.74) is 0.0637. The van der Waals surface area contributed by atoms with E-state index in [0.29, 0.717) is 6.42 Å². The third-order valence-electron chi connectivity index (χ3n) is 3.35. The van der Waals surface area contributed by atoms with Gasteiger partial charge < -0.3 is 15.3 Å². The molecule has 0 aliphatic heterocycles. The van der Waals surface area contributed by atoms with E-state index < -0.39 is 11.4 Å². The zero-order chi connectivity index (χ0) is 15.3. The summed E-state index contributed by atoms with van der Waals surface area (Å²) >= 11 is 0. The Hall–Kier alpha value is -2.75. The second kappa shape index (κ2) is 6.13. The first-order valence-electron chi connectivity index (χ1n) is 6.49. The Balaban J connectivity index is 0.000000173. The molecule has 3 N–H and O–H groups in total. The minimum atomic E-state index is -0.802. The molecule has 2 aliphatic carbocycles. The molecule has 3 rings (SSSR count). The molecule has 1 aromatic carbocycles. The minimum Gasteiger partial charge on any atom is -0.508 e. The fraction of sp³-hybridized carbons (Fsp3) is 0.118. The molecule has 0 fully saturated rings. The standard InChI is InChI=1S/C11H10O2.C6H6O2/c12-10(13)11-7-3-1-5-9(11)6-2-4-8-11;7-5-2-1-3-6(8)4-5/h1-7H,8H2,(H,12,13);1-4,7-8H. The van der Waals surface area contributed by atoms with Crippen molar-refractivity contribution >= 4 is 5.97 Å². The molecular weight excluding hydrogens is 268 g/mol. The quantitative estimate of drug-likeness (QED) is 0.740. The van der Waals surface area contributed by atoms with Crippen molar-refractivity contribution in [1.29, 1.82) is 0 Å². The van der Waals surface area contributed by atoms with Gasteiger partial charge in [-0.15, -0.1) is 0 Å². The van der Waals surface area contributed by atoms with E-state index in [1.54, 1.807) is 18.2 Å². The van der Waals surface area contributed by atoms with E-state index in [1.165, 1.54) is 18.2 Å². The van der Waals surface area contributed by atoms with Crippen LogP contribution in [0.5, 0.6) is 11.5 Å². The van der Waals surface area contributed by atoms with Gasteiger partial charge in [-0.1, -0.05) is 48.6 Å². The molecule has 2 aliphatic rings. The predicted molar refractivity (Wildman–Crippen MR) is 80.0 cm³/mol. The van der Waals surface area contributed by atoms with E-state index in [2.05, 4.69) is 0 Å². The Morgan fingerprint density at radius 2 is 1.81 bits per heavy atom. The fourth-order valence-electron chi connectivity index (χ4n) is 2.21. The third kappa shape index (κ3) is 3.23. The van der Waals surface area contributed by atoms with Crippen LogP contribution in [0.25, 0.3) is 0 Å². The first-order chi connectivity index (χ1) is 10.0. The number of benzene rings is 1. The molecule has 1 unspecified atom stereocenters. The van der Waals surface area contributed by atoms with Crippen LogP contribution in [0.4, 0.5) is 0 Å². The van der Waals surface area contributed by atoms with Crippen molar-refractivity contribution in [3.05, 3.63) is 72.4 Å². The molecule has 0 spiro atoms. The third-order valence-corrected chi connectivity index (χ3v) is 3.35. The smallest absolute Gasteiger partial charge is 0.318 e. The van der Waals surface area contributed by atoms with Crippen LogP contribution in [0, 0.1) is 5.41 Å². The molecule has 0 saturated heterocycles. The summed E-state index contributed by atoms with van der Waals surface area (Å²) in [4.78, 5) is 11.2. The summed E-state index contributed by atoms with van der Waals surface area (Å²) in [5, 5.41) is 26.5. The van der Waals surface area contributed by atoms with Crippen LogP contribution in [-0.2, 0) is 4.79 Å². The molecule has 1 atom stereocenters. The van der Waals surface area contributed by atoms with Gasteiger partial charge in [0.2, 0.25) is 0 Å². The average molecular weight is 284 g/mol. The number of carbonyl (C=O) groups is 1. The van der Waals surface area contributed by atoms with Crippen molar-refractivity contribution < 1.29 is 20.1 Å². The van der Waals surface area contributed by atoms with Gasteiger partial charge in [0.1, 0.15) is 16.9 Å². The van der Waals surface area contributed by atoms with Crippen molar-refractivity contribution in [1.82, 2.24) is 0 Å². The van der Waals surface area contributed by atoms with Crippen LogP contribution in [0.2, 0.25) is 0 Å². The van der Waals surface area contributed by atoms with Crippen LogP contribution in [0.3, 0.4) is 0 Å². The zero-order valence-electron chi connectivity index (χ0n) is 11.3. The maximum absolute atomic E-state index is 11.2. The zero-order valence-corrected chi connectivity index (χ0v) is 11.3. The molecule has 0 saturated carbocycles. The van der Waals surface area contributed by atoms with Gasteiger partial charge in [-0.05, 0) is 24.1 Å². The second-order valence-electron chi connectivity index (χ2n) is 4.77. The van der Waals surface area contributed by atoms with Crippen LogP contribution in [-0.4, -0.2) is 21.3 Å². The number of hydrogen-bond donors (Lipinski definition) is 3. The molecule has 0 amide bonds. The predicted octanol–water partition coefficient (Wildman–Crippen LogP) is 3.17.